The van der Waals surface area contributed by atoms with E-state index in [2.05, 4.69) is 5.32 Å². The van der Waals surface area contributed by atoms with Crippen LogP contribution in [0.3, 0.4) is 0 Å². The summed E-state index contributed by atoms with van der Waals surface area (Å²) in [7, 11) is 0. The zero-order valence-corrected chi connectivity index (χ0v) is 16.6. The number of esters is 1. The first-order chi connectivity index (χ1) is 14.5. The van der Waals surface area contributed by atoms with Crippen molar-refractivity contribution in [2.75, 3.05) is 31.7 Å². The van der Waals surface area contributed by atoms with Gasteiger partial charge in [-0.1, -0.05) is 12.8 Å². The van der Waals surface area contributed by atoms with Gasteiger partial charge in [-0.05, 0) is 25.0 Å². The Morgan fingerprint density at radius 3 is 2.40 bits per heavy atom. The number of likely N-dealkylation sites (tertiary alicyclic amines) is 1. The number of rotatable bonds is 6. The van der Waals surface area contributed by atoms with Crippen LogP contribution in [0.4, 0.5) is 5.69 Å². The van der Waals surface area contributed by atoms with Gasteiger partial charge in [0.2, 0.25) is 11.8 Å². The molecular weight excluding hydrogens is 392 g/mol. The summed E-state index contributed by atoms with van der Waals surface area (Å²) in [5, 5.41) is 2.62. The van der Waals surface area contributed by atoms with E-state index in [1.54, 1.807) is 18.2 Å². The molecule has 0 bridgehead atoms. The normalized spacial score (nSPS) is 22.5. The molecule has 160 valence electrons. The smallest absolute Gasteiger partial charge is 0.308 e. The molecular formula is C21H24N2O7. The predicted octanol–water partition coefficient (Wildman–Crippen LogP) is 1.50. The van der Waals surface area contributed by atoms with E-state index in [-0.39, 0.29) is 36.6 Å². The van der Waals surface area contributed by atoms with Crippen molar-refractivity contribution >= 4 is 29.4 Å². The lowest BCUT2D eigenvalue weighted by Crippen LogP contribution is -2.33. The van der Waals surface area contributed by atoms with Crippen LogP contribution >= 0.6 is 0 Å². The zero-order valence-electron chi connectivity index (χ0n) is 16.6. The highest BCUT2D eigenvalue weighted by Crippen LogP contribution is 2.38. The van der Waals surface area contributed by atoms with E-state index < -0.39 is 18.5 Å². The number of carbonyl (C=O) groups is 4. The van der Waals surface area contributed by atoms with Crippen molar-refractivity contribution in [2.24, 2.45) is 11.8 Å². The van der Waals surface area contributed by atoms with Gasteiger partial charge >= 0.3 is 5.97 Å². The largest absolute Gasteiger partial charge is 0.486 e. The third kappa shape index (κ3) is 4.24. The van der Waals surface area contributed by atoms with Gasteiger partial charge in [0.25, 0.3) is 5.91 Å². The summed E-state index contributed by atoms with van der Waals surface area (Å²) >= 11 is 0. The van der Waals surface area contributed by atoms with Gasteiger partial charge < -0.3 is 19.5 Å². The van der Waals surface area contributed by atoms with Gasteiger partial charge in [-0.25, -0.2) is 0 Å². The Hall–Kier alpha value is -3.10. The van der Waals surface area contributed by atoms with Crippen LogP contribution in [-0.2, 0) is 23.9 Å². The molecule has 1 saturated carbocycles. The lowest BCUT2D eigenvalue weighted by atomic mass is 9.81. The van der Waals surface area contributed by atoms with Crippen molar-refractivity contribution in [1.82, 2.24) is 4.90 Å². The number of fused-ring (bicyclic) bond motifs is 2. The third-order valence-corrected chi connectivity index (χ3v) is 5.66. The average Bonchev–Trinajstić information content (AvgIpc) is 3.01. The Labute approximate surface area is 173 Å². The minimum Gasteiger partial charge on any atom is -0.486 e. The first kappa shape index (κ1) is 20.2. The summed E-state index contributed by atoms with van der Waals surface area (Å²) in [6.07, 6.45) is 3.24. The van der Waals surface area contributed by atoms with E-state index in [4.69, 9.17) is 14.2 Å². The summed E-state index contributed by atoms with van der Waals surface area (Å²) in [5.74, 6) is -0.837. The van der Waals surface area contributed by atoms with Crippen LogP contribution in [-0.4, -0.2) is 55.0 Å². The summed E-state index contributed by atoms with van der Waals surface area (Å²) in [5.41, 5.74) is 0.496. The first-order valence-electron chi connectivity index (χ1n) is 10.2. The van der Waals surface area contributed by atoms with Gasteiger partial charge in [-0.2, -0.15) is 0 Å². The number of anilines is 1. The lowest BCUT2D eigenvalue weighted by Gasteiger charge is -2.19. The second-order valence-electron chi connectivity index (χ2n) is 7.64. The molecule has 1 aliphatic carbocycles. The van der Waals surface area contributed by atoms with E-state index in [9.17, 15) is 19.2 Å². The van der Waals surface area contributed by atoms with Gasteiger partial charge in [0.15, 0.2) is 18.1 Å². The molecule has 0 radical (unpaired) electrons. The van der Waals surface area contributed by atoms with Gasteiger partial charge in [-0.3, -0.25) is 24.1 Å². The zero-order chi connectivity index (χ0) is 21.1. The Morgan fingerprint density at radius 1 is 1.03 bits per heavy atom. The molecule has 1 aromatic carbocycles. The van der Waals surface area contributed by atoms with Crippen molar-refractivity contribution in [3.05, 3.63) is 18.2 Å². The molecule has 1 saturated heterocycles. The molecule has 30 heavy (non-hydrogen) atoms. The molecule has 9 nitrogen and oxygen atoms in total. The van der Waals surface area contributed by atoms with Gasteiger partial charge in [-0.15, -0.1) is 0 Å². The highest BCUT2D eigenvalue weighted by molar-refractivity contribution is 6.05. The fourth-order valence-corrected chi connectivity index (χ4v) is 4.19. The van der Waals surface area contributed by atoms with Crippen LogP contribution in [0.25, 0.3) is 0 Å². The number of carbonyl (C=O) groups excluding carboxylic acids is 4. The van der Waals surface area contributed by atoms with Crippen molar-refractivity contribution in [1.29, 1.82) is 0 Å². The first-order valence-corrected chi connectivity index (χ1v) is 10.2. The molecule has 2 aliphatic heterocycles. The van der Waals surface area contributed by atoms with Crippen LogP contribution in [0.2, 0.25) is 0 Å². The highest BCUT2D eigenvalue weighted by Gasteiger charge is 2.47. The number of amides is 3. The number of hydrogen-bond donors (Lipinski definition) is 1. The van der Waals surface area contributed by atoms with E-state index in [1.165, 1.54) is 4.90 Å². The summed E-state index contributed by atoms with van der Waals surface area (Å²) < 4.78 is 15.9. The predicted molar refractivity (Wildman–Crippen MR) is 104 cm³/mol. The van der Waals surface area contributed by atoms with Crippen LogP contribution in [0.5, 0.6) is 11.5 Å². The molecule has 1 aromatic rings. The molecule has 3 amide bonds. The van der Waals surface area contributed by atoms with Gasteiger partial charge in [0.05, 0.1) is 18.3 Å². The second kappa shape index (κ2) is 8.73. The molecule has 2 fully saturated rings. The highest BCUT2D eigenvalue weighted by atomic mass is 16.6. The second-order valence-corrected chi connectivity index (χ2v) is 7.64. The maximum Gasteiger partial charge on any atom is 0.308 e. The molecule has 2 heterocycles. The monoisotopic (exact) mass is 416 g/mol. The Morgan fingerprint density at radius 2 is 1.70 bits per heavy atom. The number of benzene rings is 1. The molecule has 3 aliphatic rings. The number of hydrogen-bond acceptors (Lipinski definition) is 7. The minimum absolute atomic E-state index is 0.00667. The number of ether oxygens (including phenoxy) is 3. The molecule has 2 atom stereocenters. The quantitative estimate of drug-likeness (QED) is 0.553. The maximum absolute atomic E-state index is 12.4. The topological polar surface area (TPSA) is 111 Å². The van der Waals surface area contributed by atoms with E-state index in [0.717, 1.165) is 25.7 Å². The molecule has 0 spiro atoms. The minimum atomic E-state index is -0.636. The Balaban J connectivity index is 1.21. The van der Waals surface area contributed by atoms with E-state index in [1.807, 2.05) is 0 Å². The van der Waals surface area contributed by atoms with Gasteiger partial charge in [0, 0.05) is 18.3 Å². The van der Waals surface area contributed by atoms with Crippen LogP contribution in [0.15, 0.2) is 18.2 Å². The molecule has 1 N–H and O–H groups in total. The number of imide groups is 1. The third-order valence-electron chi connectivity index (χ3n) is 5.66. The van der Waals surface area contributed by atoms with Crippen LogP contribution < -0.4 is 14.8 Å². The molecule has 9 heteroatoms. The van der Waals surface area contributed by atoms with Crippen molar-refractivity contribution < 1.29 is 33.4 Å². The Kier molecular flexibility index (Phi) is 5.87. The molecule has 4 rings (SSSR count). The standard InChI is InChI=1S/C21H24N2O7/c24-18(22-13-5-6-16-17(11-13)29-10-9-28-16)12-30-19(25)7-8-23-20(26)14-3-1-2-4-15(14)21(23)27/h5-6,11,14-15H,1-4,7-10,12H2,(H,22,24)/t14-,15-/m0/s1. The molecule has 0 unspecified atom stereocenters. The summed E-state index contributed by atoms with van der Waals surface area (Å²) in [4.78, 5) is 50.0. The molecule has 0 aromatic heterocycles. The lowest BCUT2D eigenvalue weighted by molar-refractivity contribution is -0.148. The van der Waals surface area contributed by atoms with Crippen molar-refractivity contribution in [3.8, 4) is 11.5 Å². The number of nitrogens with zero attached hydrogens (tertiary/aromatic N) is 1. The SMILES string of the molecule is O=C(COC(=O)CCN1C(=O)[C@H]2CCCC[C@@H]2C1=O)Nc1ccc2c(c1)OCCO2. The van der Waals surface area contributed by atoms with Crippen molar-refractivity contribution in [3.63, 3.8) is 0 Å². The summed E-state index contributed by atoms with van der Waals surface area (Å²) in [6, 6.07) is 4.99. The average molecular weight is 416 g/mol. The van der Waals surface area contributed by atoms with Crippen molar-refractivity contribution in [2.45, 2.75) is 32.1 Å². The fourth-order valence-electron chi connectivity index (χ4n) is 4.19. The van der Waals surface area contributed by atoms with E-state index >= 15 is 0 Å². The van der Waals surface area contributed by atoms with E-state index in [0.29, 0.717) is 30.4 Å². The summed E-state index contributed by atoms with van der Waals surface area (Å²) in [6.45, 7) is 0.448. The van der Waals surface area contributed by atoms with Crippen LogP contribution in [0.1, 0.15) is 32.1 Å². The maximum atomic E-state index is 12.4. The fraction of sp³-hybridized carbons (Fsp3) is 0.524. The Bertz CT molecular complexity index is 845. The van der Waals surface area contributed by atoms with Crippen LogP contribution in [0, 0.1) is 11.8 Å². The number of nitrogens with one attached hydrogen (secondary N) is 1. The van der Waals surface area contributed by atoms with Gasteiger partial charge in [0.1, 0.15) is 13.2 Å².